The fourth-order valence-electron chi connectivity index (χ4n) is 2.61. The van der Waals surface area contributed by atoms with Crippen molar-refractivity contribution in [3.05, 3.63) is 58.5 Å². The maximum Gasteiger partial charge on any atom is 0.274 e. The third-order valence-corrected chi connectivity index (χ3v) is 4.84. The summed E-state index contributed by atoms with van der Waals surface area (Å²) in [5.74, 6) is 1.05. The molecule has 0 fully saturated rings. The molecule has 0 unspecified atom stereocenters. The number of nitrogens with zero attached hydrogens (tertiary/aromatic N) is 3. The van der Waals surface area contributed by atoms with Gasteiger partial charge in [0.2, 0.25) is 0 Å². The molecule has 25 heavy (non-hydrogen) atoms. The molecule has 0 radical (unpaired) electrons. The lowest BCUT2D eigenvalue weighted by molar-refractivity contribution is 0.0800. The molecule has 0 spiro atoms. The molecule has 6 nitrogen and oxygen atoms in total. The number of benzene rings is 1. The number of aromatic amines is 1. The van der Waals surface area contributed by atoms with Gasteiger partial charge in [-0.1, -0.05) is 29.4 Å². The van der Waals surface area contributed by atoms with Gasteiger partial charge in [0.1, 0.15) is 5.69 Å². The van der Waals surface area contributed by atoms with Crippen LogP contribution in [0.4, 0.5) is 0 Å². The predicted molar refractivity (Wildman–Crippen MR) is 96.6 cm³/mol. The van der Waals surface area contributed by atoms with E-state index in [1.54, 1.807) is 11.9 Å². The number of thiophene rings is 1. The molecule has 0 saturated heterocycles. The smallest absolute Gasteiger partial charge is 0.274 e. The van der Waals surface area contributed by atoms with Crippen molar-refractivity contribution in [1.82, 2.24) is 20.0 Å². The number of nitrogens with one attached hydrogen (secondary N) is 1. The van der Waals surface area contributed by atoms with Crippen molar-refractivity contribution in [2.24, 2.45) is 0 Å². The molecule has 0 saturated carbocycles. The SMILES string of the molecule is CN(CCc1noc(-c2cc3ccccc3[nH]2)n1)C(=O)c1cccs1. The molecule has 0 aliphatic rings. The second-order valence-electron chi connectivity index (χ2n) is 5.74. The Bertz CT molecular complexity index is 970. The Labute approximate surface area is 148 Å². The van der Waals surface area contributed by atoms with Crippen LogP contribution in [0.3, 0.4) is 0 Å². The van der Waals surface area contributed by atoms with Crippen molar-refractivity contribution in [3.63, 3.8) is 0 Å². The number of carbonyl (C=O) groups is 1. The summed E-state index contributed by atoms with van der Waals surface area (Å²) in [6, 6.07) is 13.7. The highest BCUT2D eigenvalue weighted by Crippen LogP contribution is 2.22. The number of likely N-dealkylation sites (N-methyl/N-ethyl adjacent to an activating group) is 1. The summed E-state index contributed by atoms with van der Waals surface area (Å²) >= 11 is 1.44. The minimum absolute atomic E-state index is 0.00864. The average Bonchev–Trinajstić information content (AvgIpc) is 3.38. The van der Waals surface area contributed by atoms with E-state index in [1.807, 2.05) is 47.8 Å². The van der Waals surface area contributed by atoms with Gasteiger partial charge >= 0.3 is 0 Å². The number of H-pyrrole nitrogens is 1. The molecule has 3 heterocycles. The number of aromatic nitrogens is 3. The second kappa shape index (κ2) is 6.52. The van der Waals surface area contributed by atoms with Crippen LogP contribution in [0.5, 0.6) is 0 Å². The van der Waals surface area contributed by atoms with E-state index in [0.717, 1.165) is 21.5 Å². The first kappa shape index (κ1) is 15.6. The van der Waals surface area contributed by atoms with Gasteiger partial charge in [0.25, 0.3) is 11.8 Å². The zero-order valence-electron chi connectivity index (χ0n) is 13.6. The van der Waals surface area contributed by atoms with Crippen molar-refractivity contribution in [2.45, 2.75) is 6.42 Å². The van der Waals surface area contributed by atoms with Crippen LogP contribution in [0, 0.1) is 0 Å². The minimum Gasteiger partial charge on any atom is -0.351 e. The van der Waals surface area contributed by atoms with Crippen LogP contribution >= 0.6 is 11.3 Å². The van der Waals surface area contributed by atoms with Crippen LogP contribution in [0.2, 0.25) is 0 Å². The molecule has 4 aromatic rings. The van der Waals surface area contributed by atoms with Crippen LogP contribution < -0.4 is 0 Å². The fraction of sp³-hybridized carbons (Fsp3) is 0.167. The fourth-order valence-corrected chi connectivity index (χ4v) is 3.33. The van der Waals surface area contributed by atoms with Gasteiger partial charge in [-0.25, -0.2) is 0 Å². The van der Waals surface area contributed by atoms with Crippen molar-refractivity contribution in [3.8, 4) is 11.6 Å². The molecule has 3 aromatic heterocycles. The van der Waals surface area contributed by atoms with Crippen molar-refractivity contribution in [1.29, 1.82) is 0 Å². The number of carbonyl (C=O) groups excluding carboxylic acids is 1. The van der Waals surface area contributed by atoms with Gasteiger partial charge in [0, 0.05) is 30.9 Å². The van der Waals surface area contributed by atoms with E-state index in [2.05, 4.69) is 15.1 Å². The van der Waals surface area contributed by atoms with E-state index in [1.165, 1.54) is 11.3 Å². The number of amides is 1. The summed E-state index contributed by atoms with van der Waals surface area (Å²) in [6.07, 6.45) is 0.539. The summed E-state index contributed by atoms with van der Waals surface area (Å²) in [7, 11) is 1.78. The predicted octanol–water partition coefficient (Wildman–Crippen LogP) is 3.59. The molecule has 126 valence electrons. The van der Waals surface area contributed by atoms with Gasteiger partial charge in [0.05, 0.1) is 4.88 Å². The minimum atomic E-state index is 0.00864. The quantitative estimate of drug-likeness (QED) is 0.595. The maximum absolute atomic E-state index is 12.2. The first-order valence-corrected chi connectivity index (χ1v) is 8.78. The van der Waals surface area contributed by atoms with Crippen molar-refractivity contribution >= 4 is 28.1 Å². The van der Waals surface area contributed by atoms with Gasteiger partial charge in [-0.2, -0.15) is 4.98 Å². The number of fused-ring (bicyclic) bond motifs is 1. The molecule has 1 N–H and O–H groups in total. The summed E-state index contributed by atoms with van der Waals surface area (Å²) in [5, 5.41) is 7.01. The van der Waals surface area contributed by atoms with E-state index in [-0.39, 0.29) is 5.91 Å². The topological polar surface area (TPSA) is 75.0 Å². The van der Waals surface area contributed by atoms with Gasteiger partial charge in [-0.05, 0) is 23.6 Å². The number of hydrogen-bond donors (Lipinski definition) is 1. The van der Waals surface area contributed by atoms with Gasteiger partial charge in [0.15, 0.2) is 5.82 Å². The summed E-state index contributed by atoms with van der Waals surface area (Å²) in [5.41, 5.74) is 1.82. The number of para-hydroxylation sites is 1. The van der Waals surface area contributed by atoms with Crippen LogP contribution in [-0.4, -0.2) is 39.5 Å². The Hall–Kier alpha value is -2.93. The summed E-state index contributed by atoms with van der Waals surface area (Å²) in [4.78, 5) is 22.3. The lowest BCUT2D eigenvalue weighted by Gasteiger charge is -2.14. The Morgan fingerprint density at radius 2 is 2.16 bits per heavy atom. The normalized spacial score (nSPS) is 11.1. The van der Waals surface area contributed by atoms with E-state index in [0.29, 0.717) is 24.7 Å². The van der Waals surface area contributed by atoms with Crippen molar-refractivity contribution < 1.29 is 9.32 Å². The first-order valence-electron chi connectivity index (χ1n) is 7.90. The third-order valence-electron chi connectivity index (χ3n) is 3.98. The van der Waals surface area contributed by atoms with Crippen LogP contribution in [-0.2, 0) is 6.42 Å². The van der Waals surface area contributed by atoms with Crippen molar-refractivity contribution in [2.75, 3.05) is 13.6 Å². The zero-order valence-corrected chi connectivity index (χ0v) is 14.4. The summed E-state index contributed by atoms with van der Waals surface area (Å²) in [6.45, 7) is 0.530. The largest absolute Gasteiger partial charge is 0.351 e. The summed E-state index contributed by atoms with van der Waals surface area (Å²) < 4.78 is 5.35. The molecule has 0 atom stereocenters. The van der Waals surface area contributed by atoms with Crippen LogP contribution in [0.15, 0.2) is 52.4 Å². The lowest BCUT2D eigenvalue weighted by atomic mass is 10.2. The molecular weight excluding hydrogens is 336 g/mol. The highest BCUT2D eigenvalue weighted by atomic mass is 32.1. The second-order valence-corrected chi connectivity index (χ2v) is 6.69. The maximum atomic E-state index is 12.2. The Balaban J connectivity index is 1.43. The van der Waals surface area contributed by atoms with Gasteiger partial charge in [-0.15, -0.1) is 11.3 Å². The highest BCUT2D eigenvalue weighted by Gasteiger charge is 2.15. The standard InChI is InChI=1S/C18H16N4O2S/c1-22(18(23)15-7-4-10-25-15)9-8-16-20-17(24-21-16)14-11-12-5-2-3-6-13(12)19-14/h2-7,10-11,19H,8-9H2,1H3. The molecule has 0 aliphatic heterocycles. The first-order chi connectivity index (χ1) is 12.2. The van der Waals surface area contributed by atoms with E-state index >= 15 is 0 Å². The Kier molecular flexibility index (Phi) is 4.07. The molecule has 4 rings (SSSR count). The average molecular weight is 352 g/mol. The highest BCUT2D eigenvalue weighted by molar-refractivity contribution is 7.12. The Morgan fingerprint density at radius 1 is 1.28 bits per heavy atom. The lowest BCUT2D eigenvalue weighted by Crippen LogP contribution is -2.28. The number of hydrogen-bond acceptors (Lipinski definition) is 5. The monoisotopic (exact) mass is 352 g/mol. The van der Waals surface area contributed by atoms with E-state index in [4.69, 9.17) is 4.52 Å². The molecule has 0 bridgehead atoms. The molecule has 1 amide bonds. The van der Waals surface area contributed by atoms with Crippen LogP contribution in [0.1, 0.15) is 15.5 Å². The molecular formula is C18H16N4O2S. The van der Waals surface area contributed by atoms with Crippen LogP contribution in [0.25, 0.3) is 22.5 Å². The molecule has 1 aromatic carbocycles. The number of rotatable bonds is 5. The van der Waals surface area contributed by atoms with Gasteiger partial charge in [-0.3, -0.25) is 4.79 Å². The molecule has 0 aliphatic carbocycles. The zero-order chi connectivity index (χ0) is 17.2. The Morgan fingerprint density at radius 3 is 2.96 bits per heavy atom. The third kappa shape index (κ3) is 3.18. The van der Waals surface area contributed by atoms with E-state index in [9.17, 15) is 4.79 Å². The molecule has 7 heteroatoms. The van der Waals surface area contributed by atoms with E-state index < -0.39 is 0 Å². The van der Waals surface area contributed by atoms with Gasteiger partial charge < -0.3 is 14.4 Å².